The first-order chi connectivity index (χ1) is 7.20. The molecular formula is C11H19NO3. The molecule has 1 atom stereocenters. The van der Waals surface area contributed by atoms with Gasteiger partial charge < -0.3 is 14.8 Å². The van der Waals surface area contributed by atoms with Gasteiger partial charge in [0, 0.05) is 18.8 Å². The van der Waals surface area contributed by atoms with E-state index in [9.17, 15) is 4.79 Å². The second kappa shape index (κ2) is 5.75. The third-order valence-electron chi connectivity index (χ3n) is 2.39. The van der Waals surface area contributed by atoms with Gasteiger partial charge in [-0.3, -0.25) is 0 Å². The Labute approximate surface area is 90.6 Å². The maximum atomic E-state index is 11.7. The molecule has 0 fully saturated rings. The number of esters is 1. The zero-order chi connectivity index (χ0) is 11.3. The Hall–Kier alpha value is -1.03. The first-order valence-electron chi connectivity index (χ1n) is 5.44. The van der Waals surface area contributed by atoms with Gasteiger partial charge >= 0.3 is 5.97 Å². The SMILES string of the molecule is CCOC(=O)C1=C(C)NCC[C@@H]1OCC. The highest BCUT2D eigenvalue weighted by Crippen LogP contribution is 2.19. The van der Waals surface area contributed by atoms with Gasteiger partial charge in [0.1, 0.15) is 0 Å². The molecular weight excluding hydrogens is 194 g/mol. The Morgan fingerprint density at radius 3 is 2.80 bits per heavy atom. The van der Waals surface area contributed by atoms with Crippen molar-refractivity contribution in [2.24, 2.45) is 0 Å². The van der Waals surface area contributed by atoms with Gasteiger partial charge in [0.05, 0.1) is 18.3 Å². The van der Waals surface area contributed by atoms with Gasteiger partial charge in [0.15, 0.2) is 0 Å². The molecule has 0 amide bonds. The molecule has 0 unspecified atom stereocenters. The highest BCUT2D eigenvalue weighted by Gasteiger charge is 2.27. The molecule has 0 aromatic rings. The summed E-state index contributed by atoms with van der Waals surface area (Å²) in [5, 5.41) is 3.16. The lowest BCUT2D eigenvalue weighted by Crippen LogP contribution is -2.35. The maximum absolute atomic E-state index is 11.7. The molecule has 0 saturated heterocycles. The van der Waals surface area contributed by atoms with Crippen molar-refractivity contribution in [3.8, 4) is 0 Å². The average Bonchev–Trinajstić information content (AvgIpc) is 2.18. The Morgan fingerprint density at radius 2 is 2.20 bits per heavy atom. The molecule has 1 heterocycles. The van der Waals surface area contributed by atoms with Crippen LogP contribution in [0.15, 0.2) is 11.3 Å². The molecule has 1 rings (SSSR count). The molecule has 86 valence electrons. The molecule has 0 radical (unpaired) electrons. The fourth-order valence-corrected chi connectivity index (χ4v) is 1.73. The van der Waals surface area contributed by atoms with Crippen LogP contribution in [0.3, 0.4) is 0 Å². The number of carbonyl (C=O) groups is 1. The van der Waals surface area contributed by atoms with Crippen molar-refractivity contribution in [3.05, 3.63) is 11.3 Å². The lowest BCUT2D eigenvalue weighted by molar-refractivity contribution is -0.140. The molecule has 0 bridgehead atoms. The van der Waals surface area contributed by atoms with Gasteiger partial charge in [-0.05, 0) is 27.2 Å². The number of hydrogen-bond acceptors (Lipinski definition) is 4. The van der Waals surface area contributed by atoms with Crippen molar-refractivity contribution in [1.29, 1.82) is 0 Å². The van der Waals surface area contributed by atoms with Crippen molar-refractivity contribution in [1.82, 2.24) is 5.32 Å². The Kier molecular flexibility index (Phi) is 4.62. The highest BCUT2D eigenvalue weighted by atomic mass is 16.5. The highest BCUT2D eigenvalue weighted by molar-refractivity contribution is 5.90. The Balaban J connectivity index is 2.80. The number of ether oxygens (including phenoxy) is 2. The predicted octanol–water partition coefficient (Wildman–Crippen LogP) is 1.22. The number of carbonyl (C=O) groups excluding carboxylic acids is 1. The van der Waals surface area contributed by atoms with E-state index in [1.165, 1.54) is 0 Å². The van der Waals surface area contributed by atoms with Crippen LogP contribution in [0.1, 0.15) is 27.2 Å². The number of hydrogen-bond donors (Lipinski definition) is 1. The Morgan fingerprint density at radius 1 is 1.47 bits per heavy atom. The molecule has 0 saturated carbocycles. The maximum Gasteiger partial charge on any atom is 0.338 e. The minimum Gasteiger partial charge on any atom is -0.463 e. The molecule has 1 aliphatic heterocycles. The summed E-state index contributed by atoms with van der Waals surface area (Å²) in [5.41, 5.74) is 1.52. The zero-order valence-corrected chi connectivity index (χ0v) is 9.63. The largest absolute Gasteiger partial charge is 0.463 e. The molecule has 15 heavy (non-hydrogen) atoms. The summed E-state index contributed by atoms with van der Waals surface area (Å²) in [6.45, 7) is 7.48. The molecule has 0 spiro atoms. The number of nitrogens with one attached hydrogen (secondary N) is 1. The van der Waals surface area contributed by atoms with E-state index in [4.69, 9.17) is 9.47 Å². The van der Waals surface area contributed by atoms with Crippen LogP contribution in [0.2, 0.25) is 0 Å². The van der Waals surface area contributed by atoms with Crippen molar-refractivity contribution < 1.29 is 14.3 Å². The molecule has 4 heteroatoms. The monoisotopic (exact) mass is 213 g/mol. The van der Waals surface area contributed by atoms with Gasteiger partial charge in [0.2, 0.25) is 0 Å². The van der Waals surface area contributed by atoms with Crippen LogP contribution in [0.25, 0.3) is 0 Å². The van der Waals surface area contributed by atoms with Gasteiger partial charge in [0.25, 0.3) is 0 Å². The van der Waals surface area contributed by atoms with Crippen LogP contribution in [-0.4, -0.2) is 31.8 Å². The smallest absolute Gasteiger partial charge is 0.338 e. The van der Waals surface area contributed by atoms with E-state index in [0.29, 0.717) is 18.8 Å². The van der Waals surface area contributed by atoms with E-state index >= 15 is 0 Å². The minimum absolute atomic E-state index is 0.115. The lowest BCUT2D eigenvalue weighted by atomic mass is 10.0. The van der Waals surface area contributed by atoms with Crippen LogP contribution in [0.4, 0.5) is 0 Å². The van der Waals surface area contributed by atoms with Gasteiger partial charge in [-0.15, -0.1) is 0 Å². The summed E-state index contributed by atoms with van der Waals surface area (Å²) in [4.78, 5) is 11.7. The van der Waals surface area contributed by atoms with Crippen molar-refractivity contribution in [3.63, 3.8) is 0 Å². The summed E-state index contributed by atoms with van der Waals surface area (Å²) in [5.74, 6) is -0.263. The summed E-state index contributed by atoms with van der Waals surface area (Å²) in [6.07, 6.45) is 0.703. The fraction of sp³-hybridized carbons (Fsp3) is 0.727. The normalized spacial score (nSPS) is 21.1. The van der Waals surface area contributed by atoms with Crippen LogP contribution in [0.5, 0.6) is 0 Å². The van der Waals surface area contributed by atoms with Crippen LogP contribution < -0.4 is 5.32 Å². The van der Waals surface area contributed by atoms with Crippen LogP contribution >= 0.6 is 0 Å². The molecule has 1 aliphatic rings. The quantitative estimate of drug-likeness (QED) is 0.713. The van der Waals surface area contributed by atoms with E-state index in [-0.39, 0.29) is 12.1 Å². The first kappa shape index (κ1) is 12.0. The van der Waals surface area contributed by atoms with E-state index in [1.807, 2.05) is 13.8 Å². The lowest BCUT2D eigenvalue weighted by Gasteiger charge is -2.26. The Bertz CT molecular complexity index is 261. The zero-order valence-electron chi connectivity index (χ0n) is 9.63. The predicted molar refractivity (Wildman–Crippen MR) is 57.4 cm³/mol. The molecule has 0 aliphatic carbocycles. The van der Waals surface area contributed by atoms with Crippen molar-refractivity contribution in [2.75, 3.05) is 19.8 Å². The van der Waals surface area contributed by atoms with E-state index in [1.54, 1.807) is 6.92 Å². The van der Waals surface area contributed by atoms with Gasteiger partial charge in [-0.1, -0.05) is 0 Å². The van der Waals surface area contributed by atoms with Gasteiger partial charge in [-0.25, -0.2) is 4.79 Å². The van der Waals surface area contributed by atoms with Crippen LogP contribution in [-0.2, 0) is 14.3 Å². The van der Waals surface area contributed by atoms with Crippen LogP contribution in [0, 0.1) is 0 Å². The van der Waals surface area contributed by atoms with Crippen molar-refractivity contribution in [2.45, 2.75) is 33.3 Å². The van der Waals surface area contributed by atoms with E-state index in [2.05, 4.69) is 5.32 Å². The standard InChI is InChI=1S/C11H19NO3/c1-4-14-9-6-7-12-8(3)10(9)11(13)15-5-2/h9,12H,4-7H2,1-3H3/t9-/m0/s1. The van der Waals surface area contributed by atoms with Crippen molar-refractivity contribution >= 4 is 5.97 Å². The molecule has 0 aromatic carbocycles. The summed E-state index contributed by atoms with van der Waals surface area (Å²) in [7, 11) is 0. The van der Waals surface area contributed by atoms with E-state index < -0.39 is 0 Å². The average molecular weight is 213 g/mol. The summed E-state index contributed by atoms with van der Waals surface area (Å²) in [6, 6.07) is 0. The second-order valence-electron chi connectivity index (χ2n) is 3.42. The minimum atomic E-state index is -0.263. The summed E-state index contributed by atoms with van der Waals surface area (Å²) < 4.78 is 10.5. The second-order valence-corrected chi connectivity index (χ2v) is 3.42. The summed E-state index contributed by atoms with van der Waals surface area (Å²) >= 11 is 0. The van der Waals surface area contributed by atoms with Gasteiger partial charge in [-0.2, -0.15) is 0 Å². The number of rotatable bonds is 4. The first-order valence-corrected chi connectivity index (χ1v) is 5.44. The third-order valence-corrected chi connectivity index (χ3v) is 2.39. The fourth-order valence-electron chi connectivity index (χ4n) is 1.73. The molecule has 0 aromatic heterocycles. The third kappa shape index (κ3) is 2.96. The molecule has 1 N–H and O–H groups in total. The topological polar surface area (TPSA) is 47.6 Å². The number of allylic oxidation sites excluding steroid dienone is 1. The van der Waals surface area contributed by atoms with E-state index in [0.717, 1.165) is 18.7 Å². The molecule has 4 nitrogen and oxygen atoms in total.